The van der Waals surface area contributed by atoms with E-state index in [1.165, 1.54) is 0 Å². The van der Waals surface area contributed by atoms with Crippen LogP contribution >= 0.6 is 24.0 Å². The Morgan fingerprint density at radius 2 is 2.08 bits per heavy atom. The zero-order chi connectivity index (χ0) is 17.7. The Morgan fingerprint density at radius 3 is 2.64 bits per heavy atom. The summed E-state index contributed by atoms with van der Waals surface area (Å²) in [7, 11) is 1.73. The highest BCUT2D eigenvalue weighted by Crippen LogP contribution is 2.15. The SMILES string of the molecule is CN=C(NCc1cccc(C)n1)NC1CN(C(=O)OC(C)(C)C)C1.I. The van der Waals surface area contributed by atoms with Crippen LogP contribution in [0.15, 0.2) is 23.2 Å². The number of guanidine groups is 1. The lowest BCUT2D eigenvalue weighted by Crippen LogP contribution is -2.63. The van der Waals surface area contributed by atoms with E-state index in [0.717, 1.165) is 11.4 Å². The maximum atomic E-state index is 11.9. The first-order valence-electron chi connectivity index (χ1n) is 8.14. The molecule has 1 aliphatic heterocycles. The van der Waals surface area contributed by atoms with Crippen LogP contribution in [-0.2, 0) is 11.3 Å². The number of pyridine rings is 1. The van der Waals surface area contributed by atoms with E-state index in [0.29, 0.717) is 25.6 Å². The van der Waals surface area contributed by atoms with Gasteiger partial charge in [-0.25, -0.2) is 4.79 Å². The molecule has 2 heterocycles. The van der Waals surface area contributed by atoms with Crippen LogP contribution in [0, 0.1) is 6.92 Å². The van der Waals surface area contributed by atoms with E-state index >= 15 is 0 Å². The monoisotopic (exact) mass is 461 g/mol. The Bertz CT molecular complexity index is 609. The molecule has 0 bridgehead atoms. The van der Waals surface area contributed by atoms with Crippen LogP contribution in [0.5, 0.6) is 0 Å². The minimum atomic E-state index is -0.464. The van der Waals surface area contributed by atoms with Crippen LogP contribution < -0.4 is 10.6 Å². The number of nitrogens with one attached hydrogen (secondary N) is 2. The van der Waals surface area contributed by atoms with Crippen molar-refractivity contribution in [3.05, 3.63) is 29.6 Å². The molecule has 8 heteroatoms. The molecular formula is C17H28IN5O2. The van der Waals surface area contributed by atoms with Crippen molar-refractivity contribution in [1.29, 1.82) is 0 Å². The van der Waals surface area contributed by atoms with Crippen molar-refractivity contribution in [2.45, 2.75) is 45.9 Å². The second-order valence-electron chi connectivity index (χ2n) is 6.92. The van der Waals surface area contributed by atoms with Crippen LogP contribution in [0.4, 0.5) is 4.79 Å². The number of rotatable bonds is 3. The second-order valence-corrected chi connectivity index (χ2v) is 6.92. The molecule has 0 spiro atoms. The van der Waals surface area contributed by atoms with Crippen molar-refractivity contribution in [1.82, 2.24) is 20.5 Å². The van der Waals surface area contributed by atoms with Crippen molar-refractivity contribution in [2.24, 2.45) is 4.99 Å². The quantitative estimate of drug-likeness (QED) is 0.411. The van der Waals surface area contributed by atoms with Crippen molar-refractivity contribution in [3.63, 3.8) is 0 Å². The summed E-state index contributed by atoms with van der Waals surface area (Å²) < 4.78 is 5.34. The van der Waals surface area contributed by atoms with Crippen molar-refractivity contribution >= 4 is 36.0 Å². The second kappa shape index (κ2) is 9.21. The van der Waals surface area contributed by atoms with Gasteiger partial charge in [0.25, 0.3) is 0 Å². The number of aromatic nitrogens is 1. The van der Waals surface area contributed by atoms with E-state index in [2.05, 4.69) is 20.6 Å². The molecule has 2 N–H and O–H groups in total. The van der Waals surface area contributed by atoms with Gasteiger partial charge >= 0.3 is 6.09 Å². The zero-order valence-electron chi connectivity index (χ0n) is 15.5. The highest BCUT2D eigenvalue weighted by Gasteiger charge is 2.34. The van der Waals surface area contributed by atoms with E-state index in [9.17, 15) is 4.79 Å². The molecule has 0 atom stereocenters. The van der Waals surface area contributed by atoms with Crippen LogP contribution in [0.25, 0.3) is 0 Å². The molecule has 140 valence electrons. The number of carbonyl (C=O) groups is 1. The van der Waals surface area contributed by atoms with Crippen LogP contribution in [0.1, 0.15) is 32.2 Å². The summed E-state index contributed by atoms with van der Waals surface area (Å²) in [5, 5.41) is 6.53. The van der Waals surface area contributed by atoms with Gasteiger partial charge in [-0.05, 0) is 39.8 Å². The fourth-order valence-electron chi connectivity index (χ4n) is 2.31. The summed E-state index contributed by atoms with van der Waals surface area (Å²) >= 11 is 0. The predicted octanol–water partition coefficient (Wildman–Crippen LogP) is 2.29. The van der Waals surface area contributed by atoms with Gasteiger partial charge in [-0.1, -0.05) is 6.07 Å². The summed E-state index contributed by atoms with van der Waals surface area (Å²) in [6, 6.07) is 6.10. The minimum absolute atomic E-state index is 0. The third-order valence-corrected chi connectivity index (χ3v) is 3.48. The average molecular weight is 461 g/mol. The number of likely N-dealkylation sites (tertiary alicyclic amines) is 1. The lowest BCUT2D eigenvalue weighted by atomic mass is 10.1. The Hall–Kier alpha value is -1.58. The summed E-state index contributed by atoms with van der Waals surface area (Å²) in [4.78, 5) is 22.2. The number of ether oxygens (including phenoxy) is 1. The normalized spacial score (nSPS) is 15.1. The lowest BCUT2D eigenvalue weighted by Gasteiger charge is -2.40. The number of hydrogen-bond acceptors (Lipinski definition) is 4. The van der Waals surface area contributed by atoms with Crippen LogP contribution in [0.3, 0.4) is 0 Å². The maximum absolute atomic E-state index is 11.9. The Balaban J connectivity index is 0.00000312. The van der Waals surface area contributed by atoms with Crippen LogP contribution in [-0.4, -0.2) is 53.7 Å². The molecule has 1 saturated heterocycles. The molecular weight excluding hydrogens is 433 g/mol. The molecule has 7 nitrogen and oxygen atoms in total. The van der Waals surface area contributed by atoms with Gasteiger partial charge in [0.2, 0.25) is 0 Å². The van der Waals surface area contributed by atoms with Gasteiger partial charge in [-0.15, -0.1) is 24.0 Å². The van der Waals surface area contributed by atoms with E-state index in [4.69, 9.17) is 4.74 Å². The Labute approximate surface area is 166 Å². The number of nitrogens with zero attached hydrogens (tertiary/aromatic N) is 3. The van der Waals surface area contributed by atoms with Gasteiger partial charge in [0.15, 0.2) is 5.96 Å². The smallest absolute Gasteiger partial charge is 0.410 e. The largest absolute Gasteiger partial charge is 0.444 e. The number of halogens is 1. The predicted molar refractivity (Wildman–Crippen MR) is 109 cm³/mol. The minimum Gasteiger partial charge on any atom is -0.444 e. The van der Waals surface area contributed by atoms with E-state index < -0.39 is 5.60 Å². The zero-order valence-corrected chi connectivity index (χ0v) is 17.8. The molecule has 0 unspecified atom stereocenters. The lowest BCUT2D eigenvalue weighted by molar-refractivity contribution is 0.00701. The number of aryl methyl sites for hydroxylation is 1. The van der Waals surface area contributed by atoms with Gasteiger partial charge in [0.05, 0.1) is 18.3 Å². The topological polar surface area (TPSA) is 78.9 Å². The summed E-state index contributed by atoms with van der Waals surface area (Å²) in [6.07, 6.45) is -0.271. The highest BCUT2D eigenvalue weighted by molar-refractivity contribution is 14.0. The molecule has 0 aromatic carbocycles. The first kappa shape index (κ1) is 21.5. The third-order valence-electron chi connectivity index (χ3n) is 3.48. The van der Waals surface area contributed by atoms with E-state index in [1.54, 1.807) is 11.9 Å². The molecule has 0 aliphatic carbocycles. The molecule has 2 rings (SSSR count). The molecule has 1 aliphatic rings. The summed E-state index contributed by atoms with van der Waals surface area (Å²) in [5.74, 6) is 0.701. The van der Waals surface area contributed by atoms with Crippen molar-refractivity contribution < 1.29 is 9.53 Å². The molecule has 0 radical (unpaired) electrons. The molecule has 0 saturated carbocycles. The number of hydrogen-bond donors (Lipinski definition) is 2. The molecule has 25 heavy (non-hydrogen) atoms. The Kier molecular flexibility index (Phi) is 7.91. The maximum Gasteiger partial charge on any atom is 0.410 e. The number of aliphatic imine (C=N–C) groups is 1. The standard InChI is InChI=1S/C17H27N5O2.HI/c1-12-7-6-8-13(20-12)9-19-15(18-5)21-14-10-22(11-14)16(23)24-17(2,3)4;/h6-8,14H,9-11H2,1-5H3,(H2,18,19,21);1H. The van der Waals surface area contributed by atoms with E-state index in [-0.39, 0.29) is 36.1 Å². The summed E-state index contributed by atoms with van der Waals surface area (Å²) in [5.41, 5.74) is 1.49. The fourth-order valence-corrected chi connectivity index (χ4v) is 2.31. The first-order chi connectivity index (χ1) is 11.3. The van der Waals surface area contributed by atoms with Gasteiger partial charge in [0, 0.05) is 25.8 Å². The van der Waals surface area contributed by atoms with Crippen molar-refractivity contribution in [2.75, 3.05) is 20.1 Å². The number of amides is 1. The molecule has 1 aromatic heterocycles. The van der Waals surface area contributed by atoms with Crippen molar-refractivity contribution in [3.8, 4) is 0 Å². The molecule has 1 aromatic rings. The summed E-state index contributed by atoms with van der Waals surface area (Å²) in [6.45, 7) is 9.39. The van der Waals surface area contributed by atoms with Gasteiger partial charge in [0.1, 0.15) is 5.60 Å². The molecule has 1 fully saturated rings. The Morgan fingerprint density at radius 1 is 1.40 bits per heavy atom. The highest BCUT2D eigenvalue weighted by atomic mass is 127. The van der Waals surface area contributed by atoms with Crippen LogP contribution in [0.2, 0.25) is 0 Å². The fraction of sp³-hybridized carbons (Fsp3) is 0.588. The third kappa shape index (κ3) is 7.05. The van der Waals surface area contributed by atoms with Gasteiger partial charge in [-0.3, -0.25) is 9.98 Å². The number of carbonyl (C=O) groups excluding carboxylic acids is 1. The molecule has 1 amide bonds. The first-order valence-corrected chi connectivity index (χ1v) is 8.14. The van der Waals surface area contributed by atoms with Gasteiger partial charge in [-0.2, -0.15) is 0 Å². The average Bonchev–Trinajstić information content (AvgIpc) is 2.43. The van der Waals surface area contributed by atoms with E-state index in [1.807, 2.05) is 45.9 Å². The van der Waals surface area contributed by atoms with Gasteiger partial charge < -0.3 is 20.3 Å².